The van der Waals surface area contributed by atoms with Crippen LogP contribution in [0.4, 0.5) is 4.39 Å². The van der Waals surface area contributed by atoms with Gasteiger partial charge in [0, 0.05) is 25.1 Å². The van der Waals surface area contributed by atoms with Gasteiger partial charge in [-0.1, -0.05) is 42.0 Å². The highest BCUT2D eigenvalue weighted by atomic mass is 19.1. The Bertz CT molecular complexity index is 624. The Labute approximate surface area is 125 Å². The summed E-state index contributed by atoms with van der Waals surface area (Å²) >= 11 is 0. The molecule has 0 aliphatic heterocycles. The van der Waals surface area contributed by atoms with Crippen LogP contribution in [0, 0.1) is 12.7 Å². The topological polar surface area (TPSA) is 20.3 Å². The third-order valence-electron chi connectivity index (χ3n) is 3.40. The fraction of sp³-hybridized carbons (Fsp3) is 0.278. The molecule has 0 spiro atoms. The highest BCUT2D eigenvalue weighted by Gasteiger charge is 2.08. The fourth-order valence-electron chi connectivity index (χ4n) is 2.30. The van der Waals surface area contributed by atoms with Gasteiger partial charge in [-0.15, -0.1) is 0 Å². The normalized spacial score (nSPS) is 10.9. The van der Waals surface area contributed by atoms with Crippen molar-refractivity contribution >= 4 is 5.78 Å². The molecule has 2 aromatic carbocycles. The first kappa shape index (κ1) is 15.4. The number of rotatable bonds is 6. The molecule has 21 heavy (non-hydrogen) atoms. The zero-order valence-corrected chi connectivity index (χ0v) is 12.5. The minimum atomic E-state index is -0.367. The maximum atomic E-state index is 13.1. The Morgan fingerprint density at radius 3 is 2.62 bits per heavy atom. The summed E-state index contributed by atoms with van der Waals surface area (Å²) in [5.41, 5.74) is 2.91. The van der Waals surface area contributed by atoms with E-state index >= 15 is 0 Å². The van der Waals surface area contributed by atoms with Crippen LogP contribution in [0.2, 0.25) is 0 Å². The van der Waals surface area contributed by atoms with Crippen LogP contribution in [-0.2, 0) is 6.54 Å². The van der Waals surface area contributed by atoms with E-state index in [0.717, 1.165) is 6.54 Å². The molecule has 0 aliphatic carbocycles. The smallest absolute Gasteiger partial charge is 0.164 e. The number of aryl methyl sites for hydroxylation is 1. The third-order valence-corrected chi connectivity index (χ3v) is 3.40. The molecule has 110 valence electrons. The van der Waals surface area contributed by atoms with E-state index in [1.807, 2.05) is 13.1 Å². The molecule has 0 saturated heterocycles. The molecule has 0 saturated carbocycles. The highest BCUT2D eigenvalue weighted by molar-refractivity contribution is 5.96. The summed E-state index contributed by atoms with van der Waals surface area (Å²) in [6.07, 6.45) is 0.395. The van der Waals surface area contributed by atoms with E-state index in [1.165, 1.54) is 23.3 Å². The Morgan fingerprint density at radius 2 is 1.90 bits per heavy atom. The van der Waals surface area contributed by atoms with Gasteiger partial charge in [0.25, 0.3) is 0 Å². The number of nitrogens with zero attached hydrogens (tertiary/aromatic N) is 1. The predicted molar refractivity (Wildman–Crippen MR) is 82.9 cm³/mol. The Kier molecular flexibility index (Phi) is 5.23. The van der Waals surface area contributed by atoms with Crippen LogP contribution in [0.15, 0.2) is 48.5 Å². The van der Waals surface area contributed by atoms with Crippen molar-refractivity contribution < 1.29 is 9.18 Å². The van der Waals surface area contributed by atoms with E-state index < -0.39 is 0 Å². The zero-order chi connectivity index (χ0) is 15.2. The van der Waals surface area contributed by atoms with Crippen LogP contribution < -0.4 is 0 Å². The van der Waals surface area contributed by atoms with Gasteiger partial charge in [-0.3, -0.25) is 4.79 Å². The lowest BCUT2D eigenvalue weighted by Crippen LogP contribution is -2.21. The van der Waals surface area contributed by atoms with Crippen LogP contribution in [0.5, 0.6) is 0 Å². The summed E-state index contributed by atoms with van der Waals surface area (Å²) in [4.78, 5) is 14.1. The van der Waals surface area contributed by atoms with Gasteiger partial charge in [-0.05, 0) is 31.7 Å². The zero-order valence-electron chi connectivity index (χ0n) is 12.5. The highest BCUT2D eigenvalue weighted by Crippen LogP contribution is 2.09. The molecule has 0 radical (unpaired) electrons. The second-order valence-electron chi connectivity index (χ2n) is 5.41. The standard InChI is InChI=1S/C18H20FNO/c1-14-5-3-6-15(11-14)13-20(2)10-9-18(21)16-7-4-8-17(19)12-16/h3-8,11-12H,9-10,13H2,1-2H3. The average molecular weight is 285 g/mol. The van der Waals surface area contributed by atoms with Crippen molar-refractivity contribution in [2.24, 2.45) is 0 Å². The maximum Gasteiger partial charge on any atom is 0.164 e. The van der Waals surface area contributed by atoms with E-state index in [-0.39, 0.29) is 11.6 Å². The predicted octanol–water partition coefficient (Wildman–Crippen LogP) is 3.84. The molecule has 2 aromatic rings. The maximum absolute atomic E-state index is 13.1. The van der Waals surface area contributed by atoms with Crippen molar-refractivity contribution in [3.8, 4) is 0 Å². The molecule has 0 aliphatic rings. The number of halogens is 1. The monoisotopic (exact) mass is 285 g/mol. The lowest BCUT2D eigenvalue weighted by Gasteiger charge is -2.16. The minimum absolute atomic E-state index is 0.0226. The van der Waals surface area contributed by atoms with E-state index in [0.29, 0.717) is 18.5 Å². The largest absolute Gasteiger partial charge is 0.302 e. The fourth-order valence-corrected chi connectivity index (χ4v) is 2.30. The summed E-state index contributed by atoms with van der Waals surface area (Å²) in [7, 11) is 1.99. The van der Waals surface area contributed by atoms with Crippen molar-refractivity contribution in [2.45, 2.75) is 19.9 Å². The van der Waals surface area contributed by atoms with Crippen LogP contribution >= 0.6 is 0 Å². The van der Waals surface area contributed by atoms with Gasteiger partial charge in [0.15, 0.2) is 5.78 Å². The molecule has 0 bridgehead atoms. The second kappa shape index (κ2) is 7.14. The summed E-state index contributed by atoms with van der Waals surface area (Å²) in [6.45, 7) is 3.53. The molecular weight excluding hydrogens is 265 g/mol. The van der Waals surface area contributed by atoms with Crippen LogP contribution in [-0.4, -0.2) is 24.3 Å². The van der Waals surface area contributed by atoms with Gasteiger partial charge in [0.1, 0.15) is 5.82 Å². The van der Waals surface area contributed by atoms with Crippen LogP contribution in [0.25, 0.3) is 0 Å². The lowest BCUT2D eigenvalue weighted by atomic mass is 10.1. The SMILES string of the molecule is Cc1cccc(CN(C)CCC(=O)c2cccc(F)c2)c1. The van der Waals surface area contributed by atoms with Crippen molar-refractivity contribution in [1.29, 1.82) is 0 Å². The van der Waals surface area contributed by atoms with Gasteiger partial charge >= 0.3 is 0 Å². The van der Waals surface area contributed by atoms with Gasteiger partial charge in [-0.2, -0.15) is 0 Å². The summed E-state index contributed by atoms with van der Waals surface area (Å²) in [5.74, 6) is -0.389. The Morgan fingerprint density at radius 1 is 1.14 bits per heavy atom. The molecule has 0 amide bonds. The van der Waals surface area contributed by atoms with Crippen molar-refractivity contribution in [3.63, 3.8) is 0 Å². The first-order valence-electron chi connectivity index (χ1n) is 7.07. The number of hydrogen-bond donors (Lipinski definition) is 0. The van der Waals surface area contributed by atoms with E-state index in [9.17, 15) is 9.18 Å². The molecule has 3 heteroatoms. The van der Waals surface area contributed by atoms with Gasteiger partial charge < -0.3 is 4.90 Å². The van der Waals surface area contributed by atoms with Crippen molar-refractivity contribution in [2.75, 3.05) is 13.6 Å². The minimum Gasteiger partial charge on any atom is -0.302 e. The number of Topliss-reactive ketones (excluding diaryl/α,β-unsaturated/α-hetero) is 1. The first-order valence-corrected chi connectivity index (χ1v) is 7.07. The number of carbonyl (C=O) groups is 1. The van der Waals surface area contributed by atoms with Crippen LogP contribution in [0.3, 0.4) is 0 Å². The number of carbonyl (C=O) groups excluding carboxylic acids is 1. The Balaban J connectivity index is 1.86. The summed E-state index contributed by atoms with van der Waals surface area (Å²) < 4.78 is 13.1. The van der Waals surface area contributed by atoms with Gasteiger partial charge in [0.05, 0.1) is 0 Å². The second-order valence-corrected chi connectivity index (χ2v) is 5.41. The molecule has 0 fully saturated rings. The van der Waals surface area contributed by atoms with E-state index in [1.54, 1.807) is 12.1 Å². The molecule has 0 heterocycles. The van der Waals surface area contributed by atoms with Gasteiger partial charge in [0.2, 0.25) is 0 Å². The summed E-state index contributed by atoms with van der Waals surface area (Å²) in [6, 6.07) is 14.2. The molecule has 0 unspecified atom stereocenters. The van der Waals surface area contributed by atoms with E-state index in [2.05, 4.69) is 30.0 Å². The number of ketones is 1. The summed E-state index contributed by atoms with van der Waals surface area (Å²) in [5, 5.41) is 0. The Hall–Kier alpha value is -2.00. The molecule has 0 atom stereocenters. The molecule has 2 rings (SSSR count). The third kappa shape index (κ3) is 4.80. The molecular formula is C18H20FNO. The van der Waals surface area contributed by atoms with E-state index in [4.69, 9.17) is 0 Å². The molecule has 0 N–H and O–H groups in total. The molecule has 2 nitrogen and oxygen atoms in total. The van der Waals surface area contributed by atoms with Gasteiger partial charge in [-0.25, -0.2) is 4.39 Å². The average Bonchev–Trinajstić information content (AvgIpc) is 2.45. The quantitative estimate of drug-likeness (QED) is 0.752. The van der Waals surface area contributed by atoms with Crippen molar-refractivity contribution in [1.82, 2.24) is 4.90 Å². The number of benzene rings is 2. The first-order chi connectivity index (χ1) is 10.0. The lowest BCUT2D eigenvalue weighted by molar-refractivity contribution is 0.0967. The van der Waals surface area contributed by atoms with Crippen molar-refractivity contribution in [3.05, 3.63) is 71.0 Å². The molecule has 0 aromatic heterocycles. The number of hydrogen-bond acceptors (Lipinski definition) is 2. The van der Waals surface area contributed by atoms with Crippen LogP contribution in [0.1, 0.15) is 27.9 Å².